The Hall–Kier alpha value is -2.74. The van der Waals surface area contributed by atoms with Crippen LogP contribution >= 0.6 is 0 Å². The third-order valence-electron chi connectivity index (χ3n) is 3.46. The Morgan fingerprint density at radius 2 is 2.08 bits per heavy atom. The van der Waals surface area contributed by atoms with Gasteiger partial charge in [-0.15, -0.1) is 0 Å². The number of nitrogens with one attached hydrogen (secondary N) is 1. The normalized spacial score (nSPS) is 15.6. The Kier molecular flexibility index (Phi) is 7.28. The van der Waals surface area contributed by atoms with Gasteiger partial charge in [0.25, 0.3) is 0 Å². The van der Waals surface area contributed by atoms with Gasteiger partial charge in [0.2, 0.25) is 0 Å². The molecule has 1 aliphatic rings. The Bertz CT molecular complexity index is 672. The molecule has 1 aromatic rings. The van der Waals surface area contributed by atoms with Gasteiger partial charge in [0, 0.05) is 31.0 Å². The Labute approximate surface area is 152 Å². The summed E-state index contributed by atoms with van der Waals surface area (Å²) in [7, 11) is 1.29. The zero-order valence-electron chi connectivity index (χ0n) is 15.1. The van der Waals surface area contributed by atoms with Crippen LogP contribution in [0.1, 0.15) is 24.2 Å². The molecular formula is C18H23NO7. The summed E-state index contributed by atoms with van der Waals surface area (Å²) in [5.41, 5.74) is 0.670. The molecule has 1 N–H and O–H groups in total. The highest BCUT2D eigenvalue weighted by Gasteiger charge is 2.25. The van der Waals surface area contributed by atoms with Gasteiger partial charge in [-0.3, -0.25) is 0 Å². The second-order valence-electron chi connectivity index (χ2n) is 5.28. The molecule has 0 saturated heterocycles. The number of carbonyl (C=O) groups is 2. The summed E-state index contributed by atoms with van der Waals surface area (Å²) in [5.74, 6) is -0.118. The van der Waals surface area contributed by atoms with Gasteiger partial charge in [0.1, 0.15) is 6.61 Å². The molecule has 1 aliphatic heterocycles. The van der Waals surface area contributed by atoms with E-state index in [0.29, 0.717) is 37.0 Å². The molecule has 0 aliphatic carbocycles. The molecule has 1 unspecified atom stereocenters. The summed E-state index contributed by atoms with van der Waals surface area (Å²) < 4.78 is 26.5. The number of anilines is 1. The molecule has 8 heteroatoms. The Morgan fingerprint density at radius 1 is 1.27 bits per heavy atom. The van der Waals surface area contributed by atoms with Crippen molar-refractivity contribution in [1.29, 1.82) is 0 Å². The molecule has 142 valence electrons. The lowest BCUT2D eigenvalue weighted by atomic mass is 10.1. The van der Waals surface area contributed by atoms with Gasteiger partial charge < -0.3 is 29.0 Å². The Balaban J connectivity index is 2.21. The largest absolute Gasteiger partial charge is 0.486 e. The smallest absolute Gasteiger partial charge is 0.340 e. The number of hydrogen-bond donors (Lipinski definition) is 1. The summed E-state index contributed by atoms with van der Waals surface area (Å²) in [4.78, 5) is 23.4. The molecule has 1 atom stereocenters. The predicted molar refractivity (Wildman–Crippen MR) is 93.6 cm³/mol. The molecule has 0 spiro atoms. The SMILES string of the molecule is CCOCC1COc2cc(C(=O)OC)c(NC=CC(=O)OCC)cc2O1. The average molecular weight is 365 g/mol. The molecule has 0 fully saturated rings. The van der Waals surface area contributed by atoms with E-state index in [1.165, 1.54) is 19.4 Å². The van der Waals surface area contributed by atoms with Crippen molar-refractivity contribution < 1.29 is 33.3 Å². The lowest BCUT2D eigenvalue weighted by Gasteiger charge is -2.27. The van der Waals surface area contributed by atoms with Gasteiger partial charge in [0.15, 0.2) is 17.6 Å². The summed E-state index contributed by atoms with van der Waals surface area (Å²) in [6, 6.07) is 3.16. The first kappa shape index (κ1) is 19.6. The summed E-state index contributed by atoms with van der Waals surface area (Å²) in [6.45, 7) is 5.21. The van der Waals surface area contributed by atoms with Crippen LogP contribution in [0.5, 0.6) is 11.5 Å². The molecule has 0 aromatic heterocycles. The van der Waals surface area contributed by atoms with E-state index in [2.05, 4.69) is 5.32 Å². The predicted octanol–water partition coefficient (Wildman–Crippen LogP) is 2.14. The van der Waals surface area contributed by atoms with Crippen molar-refractivity contribution in [2.24, 2.45) is 0 Å². The van der Waals surface area contributed by atoms with Crippen LogP contribution in [0.15, 0.2) is 24.4 Å². The highest BCUT2D eigenvalue weighted by molar-refractivity contribution is 5.97. The monoisotopic (exact) mass is 365 g/mol. The summed E-state index contributed by atoms with van der Waals surface area (Å²) >= 11 is 0. The van der Waals surface area contributed by atoms with Gasteiger partial charge in [-0.05, 0) is 13.8 Å². The topological polar surface area (TPSA) is 92.3 Å². The number of fused-ring (bicyclic) bond motifs is 1. The van der Waals surface area contributed by atoms with Crippen LogP contribution in [0.2, 0.25) is 0 Å². The van der Waals surface area contributed by atoms with Crippen LogP contribution in [0.25, 0.3) is 0 Å². The highest BCUT2D eigenvalue weighted by atomic mass is 16.6. The van der Waals surface area contributed by atoms with Gasteiger partial charge in [-0.25, -0.2) is 9.59 Å². The third-order valence-corrected chi connectivity index (χ3v) is 3.46. The fourth-order valence-electron chi connectivity index (χ4n) is 2.28. The van der Waals surface area contributed by atoms with Crippen LogP contribution in [0.3, 0.4) is 0 Å². The van der Waals surface area contributed by atoms with Crippen LogP contribution in [-0.4, -0.2) is 51.6 Å². The molecule has 26 heavy (non-hydrogen) atoms. The maximum Gasteiger partial charge on any atom is 0.340 e. The second-order valence-corrected chi connectivity index (χ2v) is 5.28. The first-order valence-electron chi connectivity index (χ1n) is 8.32. The van der Waals surface area contributed by atoms with Crippen LogP contribution in [0, 0.1) is 0 Å². The quantitative estimate of drug-likeness (QED) is 0.553. The highest BCUT2D eigenvalue weighted by Crippen LogP contribution is 2.37. The molecule has 0 saturated carbocycles. The van der Waals surface area contributed by atoms with E-state index in [0.717, 1.165) is 0 Å². The molecule has 1 aromatic carbocycles. The minimum atomic E-state index is -0.542. The van der Waals surface area contributed by atoms with Crippen LogP contribution < -0.4 is 14.8 Å². The van der Waals surface area contributed by atoms with Crippen molar-refractivity contribution >= 4 is 17.6 Å². The van der Waals surface area contributed by atoms with Crippen molar-refractivity contribution in [2.75, 3.05) is 38.9 Å². The number of hydrogen-bond acceptors (Lipinski definition) is 8. The van der Waals surface area contributed by atoms with Gasteiger partial charge in [-0.2, -0.15) is 0 Å². The van der Waals surface area contributed by atoms with Crippen molar-refractivity contribution in [3.63, 3.8) is 0 Å². The molecule has 0 radical (unpaired) electrons. The molecule has 2 rings (SSSR count). The van der Waals surface area contributed by atoms with E-state index < -0.39 is 11.9 Å². The van der Waals surface area contributed by atoms with E-state index in [1.54, 1.807) is 19.1 Å². The fraction of sp³-hybridized carbons (Fsp3) is 0.444. The molecule has 0 amide bonds. The van der Waals surface area contributed by atoms with Crippen molar-refractivity contribution in [1.82, 2.24) is 0 Å². The fourth-order valence-corrected chi connectivity index (χ4v) is 2.28. The Morgan fingerprint density at radius 3 is 2.77 bits per heavy atom. The number of benzene rings is 1. The average Bonchev–Trinajstić information content (AvgIpc) is 2.65. The molecule has 1 heterocycles. The second kappa shape index (κ2) is 9.67. The van der Waals surface area contributed by atoms with E-state index in [4.69, 9.17) is 23.7 Å². The lowest BCUT2D eigenvalue weighted by molar-refractivity contribution is -0.137. The van der Waals surface area contributed by atoms with E-state index in [-0.39, 0.29) is 18.3 Å². The minimum Gasteiger partial charge on any atom is -0.486 e. The summed E-state index contributed by atoms with van der Waals surface area (Å²) in [5, 5.41) is 2.88. The van der Waals surface area contributed by atoms with Crippen molar-refractivity contribution in [3.8, 4) is 11.5 Å². The molecule has 8 nitrogen and oxygen atoms in total. The van der Waals surface area contributed by atoms with E-state index in [9.17, 15) is 9.59 Å². The first-order chi connectivity index (χ1) is 12.6. The van der Waals surface area contributed by atoms with Crippen molar-refractivity contribution in [2.45, 2.75) is 20.0 Å². The number of esters is 2. The van der Waals surface area contributed by atoms with Gasteiger partial charge in [-0.1, -0.05) is 0 Å². The molecule has 0 bridgehead atoms. The zero-order chi connectivity index (χ0) is 18.9. The first-order valence-corrected chi connectivity index (χ1v) is 8.32. The number of carbonyl (C=O) groups excluding carboxylic acids is 2. The van der Waals surface area contributed by atoms with Crippen LogP contribution in [-0.2, 0) is 19.0 Å². The van der Waals surface area contributed by atoms with Crippen molar-refractivity contribution in [3.05, 3.63) is 30.0 Å². The van der Waals surface area contributed by atoms with Gasteiger partial charge >= 0.3 is 11.9 Å². The lowest BCUT2D eigenvalue weighted by Crippen LogP contribution is -2.33. The van der Waals surface area contributed by atoms with Gasteiger partial charge in [0.05, 0.1) is 31.6 Å². The maximum atomic E-state index is 12.0. The number of ether oxygens (including phenoxy) is 5. The van der Waals surface area contributed by atoms with E-state index in [1.807, 2.05) is 6.92 Å². The third kappa shape index (κ3) is 5.13. The molecular weight excluding hydrogens is 342 g/mol. The number of rotatable bonds is 8. The van der Waals surface area contributed by atoms with Crippen LogP contribution in [0.4, 0.5) is 5.69 Å². The maximum absolute atomic E-state index is 12.0. The minimum absolute atomic E-state index is 0.241. The number of methoxy groups -OCH3 is 1. The zero-order valence-corrected chi connectivity index (χ0v) is 15.1. The van der Waals surface area contributed by atoms with E-state index >= 15 is 0 Å². The standard InChI is InChI=1S/C18H23NO7/c1-4-23-10-12-11-25-15-8-13(18(21)22-3)14(9-16(15)26-12)19-7-6-17(20)24-5-2/h6-9,12,19H,4-5,10-11H2,1-3H3. The summed E-state index contributed by atoms with van der Waals surface area (Å²) in [6.07, 6.45) is 2.36.